The zero-order valence-electron chi connectivity index (χ0n) is 14.9. The van der Waals surface area contributed by atoms with Crippen LogP contribution in [0.4, 0.5) is 22.9 Å². The fraction of sp³-hybridized carbons (Fsp3) is 0.368. The molecule has 1 saturated carbocycles. The van der Waals surface area contributed by atoms with Gasteiger partial charge in [-0.3, -0.25) is 14.9 Å². The summed E-state index contributed by atoms with van der Waals surface area (Å²) in [6.45, 7) is 2.01. The van der Waals surface area contributed by atoms with Gasteiger partial charge in [0.1, 0.15) is 11.5 Å². The Bertz CT molecular complexity index is 858. The summed E-state index contributed by atoms with van der Waals surface area (Å²) in [5.74, 6) is 0.503. The Morgan fingerprint density at radius 3 is 2.59 bits per heavy atom. The second kappa shape index (κ2) is 7.22. The van der Waals surface area contributed by atoms with Gasteiger partial charge >= 0.3 is 0 Å². The van der Waals surface area contributed by atoms with Crippen molar-refractivity contribution in [1.29, 1.82) is 0 Å². The molecular weight excluding hydrogens is 346 g/mol. The summed E-state index contributed by atoms with van der Waals surface area (Å²) in [5.41, 5.74) is 1.17. The topological polar surface area (TPSA) is 100 Å². The van der Waals surface area contributed by atoms with Crippen LogP contribution in [-0.2, 0) is 0 Å². The maximum Gasteiger partial charge on any atom is 0.293 e. The molecule has 0 atom stereocenters. The summed E-state index contributed by atoms with van der Waals surface area (Å²) in [4.78, 5) is 30.0. The molecule has 1 aliphatic carbocycles. The molecule has 2 aromatic rings. The SMILES string of the molecule is O=C(Nc1ccc(N2CCCC2)nc1)c1ccc(NC2CC2)c([N+](=O)[O-])c1. The molecule has 4 rings (SSSR count). The van der Waals surface area contributed by atoms with E-state index in [2.05, 4.69) is 20.5 Å². The summed E-state index contributed by atoms with van der Waals surface area (Å²) in [6.07, 6.45) is 5.98. The average molecular weight is 367 g/mol. The van der Waals surface area contributed by atoms with Crippen LogP contribution in [0.25, 0.3) is 0 Å². The van der Waals surface area contributed by atoms with Crippen molar-refractivity contribution in [2.75, 3.05) is 28.6 Å². The van der Waals surface area contributed by atoms with Gasteiger partial charge in [0.05, 0.1) is 16.8 Å². The van der Waals surface area contributed by atoms with E-state index < -0.39 is 10.8 Å². The third-order valence-corrected chi connectivity index (χ3v) is 4.83. The van der Waals surface area contributed by atoms with E-state index in [1.807, 2.05) is 6.07 Å². The molecule has 0 bridgehead atoms. The van der Waals surface area contributed by atoms with Crippen molar-refractivity contribution in [3.63, 3.8) is 0 Å². The van der Waals surface area contributed by atoms with Crippen molar-refractivity contribution in [1.82, 2.24) is 4.98 Å². The summed E-state index contributed by atoms with van der Waals surface area (Å²) in [6, 6.07) is 8.48. The molecule has 2 N–H and O–H groups in total. The molecule has 2 aliphatic rings. The number of hydrogen-bond donors (Lipinski definition) is 2. The number of nitro groups is 1. The molecule has 8 nitrogen and oxygen atoms in total. The second-order valence-corrected chi connectivity index (χ2v) is 6.96. The van der Waals surface area contributed by atoms with Gasteiger partial charge in [0, 0.05) is 30.8 Å². The van der Waals surface area contributed by atoms with Gasteiger partial charge in [-0.2, -0.15) is 0 Å². The lowest BCUT2D eigenvalue weighted by molar-refractivity contribution is -0.384. The van der Waals surface area contributed by atoms with E-state index in [4.69, 9.17) is 0 Å². The molecule has 2 fully saturated rings. The Balaban J connectivity index is 1.47. The van der Waals surface area contributed by atoms with Gasteiger partial charge < -0.3 is 15.5 Å². The van der Waals surface area contributed by atoms with Crippen LogP contribution in [-0.4, -0.2) is 34.9 Å². The van der Waals surface area contributed by atoms with Gasteiger partial charge in [-0.25, -0.2) is 4.98 Å². The van der Waals surface area contributed by atoms with Gasteiger partial charge in [0.25, 0.3) is 11.6 Å². The van der Waals surface area contributed by atoms with Crippen LogP contribution < -0.4 is 15.5 Å². The molecule has 1 aliphatic heterocycles. The Morgan fingerprint density at radius 1 is 1.19 bits per heavy atom. The highest BCUT2D eigenvalue weighted by atomic mass is 16.6. The number of pyridine rings is 1. The van der Waals surface area contributed by atoms with E-state index in [0.29, 0.717) is 17.4 Å². The molecule has 1 aromatic heterocycles. The smallest absolute Gasteiger partial charge is 0.293 e. The number of anilines is 3. The Morgan fingerprint density at radius 2 is 1.96 bits per heavy atom. The minimum atomic E-state index is -0.464. The predicted octanol–water partition coefficient (Wildman–Crippen LogP) is 3.42. The molecule has 8 heteroatoms. The van der Waals surface area contributed by atoms with Gasteiger partial charge in [-0.05, 0) is 49.9 Å². The van der Waals surface area contributed by atoms with E-state index in [0.717, 1.165) is 31.7 Å². The van der Waals surface area contributed by atoms with Crippen LogP contribution in [0, 0.1) is 10.1 Å². The third kappa shape index (κ3) is 3.99. The average Bonchev–Trinajstić information content (AvgIpc) is 3.31. The molecular formula is C19H21N5O3. The number of carbonyl (C=O) groups is 1. The largest absolute Gasteiger partial charge is 0.377 e. The fourth-order valence-electron chi connectivity index (χ4n) is 3.19. The minimum Gasteiger partial charge on any atom is -0.377 e. The van der Waals surface area contributed by atoms with Crippen LogP contribution in [0.3, 0.4) is 0 Å². The van der Waals surface area contributed by atoms with Crippen LogP contribution in [0.5, 0.6) is 0 Å². The Kier molecular flexibility index (Phi) is 4.62. The molecule has 140 valence electrons. The van der Waals surface area contributed by atoms with E-state index in [9.17, 15) is 14.9 Å². The quantitative estimate of drug-likeness (QED) is 0.599. The van der Waals surface area contributed by atoms with E-state index >= 15 is 0 Å². The Labute approximate surface area is 156 Å². The number of rotatable bonds is 6. The number of hydrogen-bond acceptors (Lipinski definition) is 6. The van der Waals surface area contributed by atoms with Crippen molar-refractivity contribution in [2.24, 2.45) is 0 Å². The monoisotopic (exact) mass is 367 g/mol. The molecule has 0 spiro atoms. The summed E-state index contributed by atoms with van der Waals surface area (Å²) < 4.78 is 0. The van der Waals surface area contributed by atoms with Crippen molar-refractivity contribution in [2.45, 2.75) is 31.7 Å². The molecule has 1 aromatic carbocycles. The summed E-state index contributed by atoms with van der Waals surface area (Å²) in [5, 5.41) is 17.2. The first-order chi connectivity index (χ1) is 13.1. The maximum atomic E-state index is 12.5. The predicted molar refractivity (Wildman–Crippen MR) is 103 cm³/mol. The standard InChI is InChI=1S/C19H21N5O3/c25-19(22-15-6-8-18(20-12-15)23-9-1-2-10-23)13-3-7-16(21-14-4-5-14)17(11-13)24(26)27/h3,6-8,11-12,14,21H,1-2,4-5,9-10H2,(H,22,25). The van der Waals surface area contributed by atoms with Gasteiger partial charge in [-0.1, -0.05) is 0 Å². The summed E-state index contributed by atoms with van der Waals surface area (Å²) in [7, 11) is 0. The second-order valence-electron chi connectivity index (χ2n) is 6.96. The first-order valence-electron chi connectivity index (χ1n) is 9.17. The molecule has 0 unspecified atom stereocenters. The van der Waals surface area contributed by atoms with E-state index in [1.54, 1.807) is 24.4 Å². The van der Waals surface area contributed by atoms with Gasteiger partial charge in [0.2, 0.25) is 0 Å². The van der Waals surface area contributed by atoms with Crippen molar-refractivity contribution < 1.29 is 9.72 Å². The zero-order chi connectivity index (χ0) is 18.8. The van der Waals surface area contributed by atoms with Crippen molar-refractivity contribution in [3.05, 3.63) is 52.2 Å². The molecule has 1 amide bonds. The molecule has 27 heavy (non-hydrogen) atoms. The molecule has 0 radical (unpaired) electrons. The van der Waals surface area contributed by atoms with Crippen LogP contribution in [0.1, 0.15) is 36.0 Å². The first-order valence-corrected chi connectivity index (χ1v) is 9.17. The van der Waals surface area contributed by atoms with Crippen molar-refractivity contribution >= 4 is 28.8 Å². The molecule has 2 heterocycles. The number of nitrogens with one attached hydrogen (secondary N) is 2. The highest BCUT2D eigenvalue weighted by molar-refractivity contribution is 6.05. The van der Waals surface area contributed by atoms with Gasteiger partial charge in [0.15, 0.2) is 0 Å². The van der Waals surface area contributed by atoms with E-state index in [1.165, 1.54) is 18.9 Å². The number of aromatic nitrogens is 1. The fourth-order valence-corrected chi connectivity index (χ4v) is 3.19. The number of nitro benzene ring substituents is 1. The van der Waals surface area contributed by atoms with Crippen LogP contribution >= 0.6 is 0 Å². The number of benzene rings is 1. The van der Waals surface area contributed by atoms with Crippen molar-refractivity contribution in [3.8, 4) is 0 Å². The minimum absolute atomic E-state index is 0.0861. The Hall–Kier alpha value is -3.16. The first kappa shape index (κ1) is 17.3. The van der Waals surface area contributed by atoms with Crippen LogP contribution in [0.15, 0.2) is 36.5 Å². The lowest BCUT2D eigenvalue weighted by Crippen LogP contribution is -2.19. The lowest BCUT2D eigenvalue weighted by atomic mass is 10.1. The summed E-state index contributed by atoms with van der Waals surface area (Å²) >= 11 is 0. The number of carbonyl (C=O) groups excluding carboxylic acids is 1. The molecule has 1 saturated heterocycles. The highest BCUT2D eigenvalue weighted by Gasteiger charge is 2.25. The number of nitrogens with zero attached hydrogens (tertiary/aromatic N) is 3. The van der Waals surface area contributed by atoms with E-state index in [-0.39, 0.29) is 11.3 Å². The normalized spacial score (nSPS) is 16.2. The third-order valence-electron chi connectivity index (χ3n) is 4.83. The zero-order valence-corrected chi connectivity index (χ0v) is 14.9. The van der Waals surface area contributed by atoms with Crippen LogP contribution in [0.2, 0.25) is 0 Å². The van der Waals surface area contributed by atoms with Gasteiger partial charge in [-0.15, -0.1) is 0 Å². The lowest BCUT2D eigenvalue weighted by Gasteiger charge is -2.16. The maximum absolute atomic E-state index is 12.5. The number of amides is 1. The highest BCUT2D eigenvalue weighted by Crippen LogP contribution is 2.31.